The molecule has 5 rings (SSSR count). The fraction of sp³-hybridized carbons (Fsp3) is 0.609. The fourth-order valence-electron chi connectivity index (χ4n) is 6.18. The van der Waals surface area contributed by atoms with Crippen LogP contribution in [0.1, 0.15) is 38.5 Å². The summed E-state index contributed by atoms with van der Waals surface area (Å²) in [6.45, 7) is 4.00. The normalized spacial score (nSPS) is 32.8. The Morgan fingerprint density at radius 3 is 2.86 bits per heavy atom. The van der Waals surface area contributed by atoms with Crippen LogP contribution in [0.2, 0.25) is 5.02 Å². The minimum absolute atomic E-state index is 0.0809. The molecule has 3 heterocycles. The largest absolute Gasteiger partial charge is 0.325 e. The van der Waals surface area contributed by atoms with Gasteiger partial charge in [0.25, 0.3) is 0 Å². The number of carbonyl (C=O) groups excluding carboxylic acids is 1. The predicted molar refractivity (Wildman–Crippen MR) is 114 cm³/mol. The Kier molecular flexibility index (Phi) is 5.20. The summed E-state index contributed by atoms with van der Waals surface area (Å²) in [6.07, 6.45) is 10.4. The maximum atomic E-state index is 12.7. The Hall–Kier alpha value is -1.36. The Morgan fingerprint density at radius 2 is 2.00 bits per heavy atom. The molecular weight excluding hydrogens is 370 g/mol. The lowest BCUT2D eigenvalue weighted by atomic mass is 9.68. The molecule has 4 atom stereocenters. The van der Waals surface area contributed by atoms with Gasteiger partial charge in [-0.05, 0) is 81.3 Å². The topological polar surface area (TPSA) is 35.6 Å². The quantitative estimate of drug-likeness (QED) is 0.774. The van der Waals surface area contributed by atoms with Crippen molar-refractivity contribution >= 4 is 23.2 Å². The van der Waals surface area contributed by atoms with Crippen molar-refractivity contribution in [2.75, 3.05) is 31.5 Å². The molecule has 1 N–H and O–H groups in total. The summed E-state index contributed by atoms with van der Waals surface area (Å²) in [5.74, 6) is 1.51. The van der Waals surface area contributed by atoms with E-state index in [1.54, 1.807) is 5.57 Å². The van der Waals surface area contributed by atoms with Crippen molar-refractivity contribution in [2.24, 2.45) is 11.8 Å². The van der Waals surface area contributed by atoms with Gasteiger partial charge in [0, 0.05) is 29.3 Å². The average molecular weight is 400 g/mol. The molecule has 2 bridgehead atoms. The SMILES string of the molecule is O=C(CN1CCCC2=CC3CC(CN4CCCC[C@H]34)[C@@H]21)Nc1ccc(Cl)cc1. The number of benzene rings is 1. The third kappa shape index (κ3) is 3.62. The van der Waals surface area contributed by atoms with E-state index in [1.807, 2.05) is 24.3 Å². The van der Waals surface area contributed by atoms with E-state index in [0.717, 1.165) is 24.2 Å². The summed E-state index contributed by atoms with van der Waals surface area (Å²) < 4.78 is 0. The first-order valence-electron chi connectivity index (χ1n) is 10.9. The second-order valence-corrected chi connectivity index (χ2v) is 9.47. The van der Waals surface area contributed by atoms with Crippen molar-refractivity contribution < 1.29 is 4.79 Å². The molecule has 5 heteroatoms. The number of halogens is 1. The number of carbonyl (C=O) groups is 1. The highest BCUT2D eigenvalue weighted by Crippen LogP contribution is 2.44. The molecule has 3 saturated heterocycles. The molecule has 150 valence electrons. The number of likely N-dealkylation sites (tertiary alicyclic amines) is 1. The molecule has 2 unspecified atom stereocenters. The summed E-state index contributed by atoms with van der Waals surface area (Å²) in [7, 11) is 0. The molecule has 1 aromatic carbocycles. The highest BCUT2D eigenvalue weighted by atomic mass is 35.5. The standard InChI is InChI=1S/C23H30ClN3O/c24-19-6-8-20(9-7-19)25-22(28)15-27-11-3-4-16-12-17-13-18(23(16)27)14-26-10-2-1-5-21(17)26/h6-9,12,17-18,21,23H,1-5,10-11,13-15H2,(H,25,28)/t17?,18?,21-,23-/m1/s1. The fourth-order valence-corrected chi connectivity index (χ4v) is 6.31. The number of rotatable bonds is 3. The number of hydrogen-bond acceptors (Lipinski definition) is 3. The van der Waals surface area contributed by atoms with Gasteiger partial charge in [0.1, 0.15) is 0 Å². The summed E-state index contributed by atoms with van der Waals surface area (Å²) >= 11 is 5.95. The van der Waals surface area contributed by atoms with Crippen LogP contribution >= 0.6 is 11.6 Å². The van der Waals surface area contributed by atoms with Crippen molar-refractivity contribution in [1.29, 1.82) is 0 Å². The van der Waals surface area contributed by atoms with E-state index < -0.39 is 0 Å². The summed E-state index contributed by atoms with van der Waals surface area (Å²) in [5, 5.41) is 3.73. The van der Waals surface area contributed by atoms with Crippen LogP contribution in [0.15, 0.2) is 35.9 Å². The van der Waals surface area contributed by atoms with Crippen LogP contribution in [0.3, 0.4) is 0 Å². The number of anilines is 1. The van der Waals surface area contributed by atoms with Gasteiger partial charge in [0.05, 0.1) is 6.54 Å². The lowest BCUT2D eigenvalue weighted by molar-refractivity contribution is -0.118. The smallest absolute Gasteiger partial charge is 0.238 e. The lowest BCUT2D eigenvalue weighted by Crippen LogP contribution is -2.59. The Balaban J connectivity index is 1.30. The van der Waals surface area contributed by atoms with Gasteiger partial charge in [-0.25, -0.2) is 0 Å². The van der Waals surface area contributed by atoms with Gasteiger partial charge >= 0.3 is 0 Å². The van der Waals surface area contributed by atoms with E-state index >= 15 is 0 Å². The van der Waals surface area contributed by atoms with Crippen molar-refractivity contribution in [3.05, 3.63) is 40.9 Å². The summed E-state index contributed by atoms with van der Waals surface area (Å²) in [6, 6.07) is 8.61. The number of nitrogens with zero attached hydrogens (tertiary/aromatic N) is 2. The van der Waals surface area contributed by atoms with E-state index in [-0.39, 0.29) is 5.91 Å². The zero-order chi connectivity index (χ0) is 19.1. The Labute approximate surface area is 172 Å². The van der Waals surface area contributed by atoms with Crippen LogP contribution in [-0.2, 0) is 4.79 Å². The second kappa shape index (κ2) is 7.81. The van der Waals surface area contributed by atoms with Gasteiger partial charge in [0.15, 0.2) is 0 Å². The number of piperidine rings is 3. The maximum absolute atomic E-state index is 12.7. The molecular formula is C23H30ClN3O. The molecule has 28 heavy (non-hydrogen) atoms. The average Bonchev–Trinajstić information content (AvgIpc) is 2.70. The Morgan fingerprint density at radius 1 is 1.14 bits per heavy atom. The summed E-state index contributed by atoms with van der Waals surface area (Å²) in [4.78, 5) is 17.9. The van der Waals surface area contributed by atoms with Gasteiger partial charge in [-0.15, -0.1) is 0 Å². The molecule has 1 aliphatic carbocycles. The van der Waals surface area contributed by atoms with Crippen LogP contribution in [0.5, 0.6) is 0 Å². The van der Waals surface area contributed by atoms with E-state index in [4.69, 9.17) is 11.6 Å². The molecule has 1 aromatic rings. The molecule has 4 nitrogen and oxygen atoms in total. The molecule has 0 radical (unpaired) electrons. The third-order valence-corrected chi connectivity index (χ3v) is 7.49. The highest BCUT2D eigenvalue weighted by molar-refractivity contribution is 6.30. The zero-order valence-corrected chi connectivity index (χ0v) is 17.2. The van der Waals surface area contributed by atoms with E-state index in [2.05, 4.69) is 21.2 Å². The number of fused-ring (bicyclic) bond motifs is 6. The van der Waals surface area contributed by atoms with Crippen molar-refractivity contribution in [3.8, 4) is 0 Å². The lowest BCUT2D eigenvalue weighted by Gasteiger charge is -2.54. The van der Waals surface area contributed by atoms with Gasteiger partial charge in [-0.3, -0.25) is 14.6 Å². The zero-order valence-electron chi connectivity index (χ0n) is 16.4. The molecule has 0 aromatic heterocycles. The van der Waals surface area contributed by atoms with Gasteiger partial charge in [0.2, 0.25) is 5.91 Å². The third-order valence-electron chi connectivity index (χ3n) is 7.24. The maximum Gasteiger partial charge on any atom is 0.238 e. The number of amides is 1. The van der Waals surface area contributed by atoms with E-state index in [1.165, 1.54) is 51.6 Å². The predicted octanol–water partition coefficient (Wildman–Crippen LogP) is 4.17. The first kappa shape index (κ1) is 18.7. The van der Waals surface area contributed by atoms with Crippen molar-refractivity contribution in [3.63, 3.8) is 0 Å². The highest BCUT2D eigenvalue weighted by Gasteiger charge is 2.46. The van der Waals surface area contributed by atoms with E-state index in [0.29, 0.717) is 23.5 Å². The van der Waals surface area contributed by atoms with Crippen molar-refractivity contribution in [2.45, 2.75) is 50.6 Å². The minimum atomic E-state index is 0.0809. The second-order valence-electron chi connectivity index (χ2n) is 9.03. The molecule has 0 spiro atoms. The Bertz CT molecular complexity index is 762. The van der Waals surface area contributed by atoms with Crippen molar-refractivity contribution in [1.82, 2.24) is 9.80 Å². The van der Waals surface area contributed by atoms with Crippen LogP contribution < -0.4 is 5.32 Å². The molecule has 1 amide bonds. The van der Waals surface area contributed by atoms with Crippen LogP contribution in [0.4, 0.5) is 5.69 Å². The molecule has 3 fully saturated rings. The van der Waals surface area contributed by atoms with Gasteiger partial charge in [-0.1, -0.05) is 29.7 Å². The van der Waals surface area contributed by atoms with Crippen LogP contribution in [0.25, 0.3) is 0 Å². The first-order valence-corrected chi connectivity index (χ1v) is 11.3. The van der Waals surface area contributed by atoms with E-state index in [9.17, 15) is 4.79 Å². The molecule has 3 aliphatic heterocycles. The monoisotopic (exact) mass is 399 g/mol. The summed E-state index contributed by atoms with van der Waals surface area (Å²) in [5.41, 5.74) is 2.44. The number of nitrogens with one attached hydrogen (secondary N) is 1. The van der Waals surface area contributed by atoms with Gasteiger partial charge < -0.3 is 5.32 Å². The molecule has 0 saturated carbocycles. The first-order chi connectivity index (χ1) is 13.7. The van der Waals surface area contributed by atoms with Gasteiger partial charge in [-0.2, -0.15) is 0 Å². The van der Waals surface area contributed by atoms with Crippen LogP contribution in [-0.4, -0.2) is 54.0 Å². The minimum Gasteiger partial charge on any atom is -0.325 e. The van der Waals surface area contributed by atoms with Crippen LogP contribution in [0, 0.1) is 11.8 Å². The molecule has 4 aliphatic rings. The number of hydrogen-bond donors (Lipinski definition) is 1.